The zero-order valence-electron chi connectivity index (χ0n) is 9.78. The van der Waals surface area contributed by atoms with Gasteiger partial charge in [0.2, 0.25) is 0 Å². The first-order valence-corrected chi connectivity index (χ1v) is 7.10. The van der Waals surface area contributed by atoms with E-state index in [1.165, 1.54) is 4.88 Å². The topological polar surface area (TPSA) is 50.9 Å². The van der Waals surface area contributed by atoms with E-state index in [-0.39, 0.29) is 11.9 Å². The molecule has 2 aromatic rings. The molecule has 18 heavy (non-hydrogen) atoms. The number of aromatic nitrogens is 1. The standard InChI is InChI=1S/C12H13Cl2N3S/c1-7(5-8-3-2-4-18-8)16-12-10(14)6-9(13)11(15)17-12/h2-4,6-7H,5H2,1H3,(H3,15,16,17). The molecule has 1 atom stereocenters. The quantitative estimate of drug-likeness (QED) is 0.895. The zero-order chi connectivity index (χ0) is 13.1. The summed E-state index contributed by atoms with van der Waals surface area (Å²) in [5, 5.41) is 6.16. The third kappa shape index (κ3) is 3.28. The van der Waals surface area contributed by atoms with Gasteiger partial charge in [-0.3, -0.25) is 0 Å². The van der Waals surface area contributed by atoms with Gasteiger partial charge in [-0.2, -0.15) is 0 Å². The molecule has 0 aliphatic heterocycles. The first-order valence-electron chi connectivity index (χ1n) is 5.46. The molecule has 2 heterocycles. The Hall–Kier alpha value is -0.970. The summed E-state index contributed by atoms with van der Waals surface area (Å²) in [4.78, 5) is 5.46. The average Bonchev–Trinajstić information content (AvgIpc) is 2.78. The summed E-state index contributed by atoms with van der Waals surface area (Å²) in [6.45, 7) is 2.07. The first-order chi connectivity index (χ1) is 8.56. The van der Waals surface area contributed by atoms with Crippen molar-refractivity contribution in [2.24, 2.45) is 0 Å². The van der Waals surface area contributed by atoms with Crippen LogP contribution >= 0.6 is 34.5 Å². The van der Waals surface area contributed by atoms with Crippen molar-refractivity contribution in [1.82, 2.24) is 4.98 Å². The van der Waals surface area contributed by atoms with Crippen molar-refractivity contribution in [2.75, 3.05) is 11.1 Å². The molecule has 1 unspecified atom stereocenters. The average molecular weight is 302 g/mol. The number of nitrogen functional groups attached to an aromatic ring is 1. The van der Waals surface area contributed by atoms with Crippen molar-refractivity contribution < 1.29 is 0 Å². The third-order valence-electron chi connectivity index (χ3n) is 2.43. The Morgan fingerprint density at radius 2 is 2.22 bits per heavy atom. The van der Waals surface area contributed by atoms with Gasteiger partial charge in [-0.15, -0.1) is 11.3 Å². The normalized spacial score (nSPS) is 12.4. The Balaban J connectivity index is 2.07. The molecule has 0 bridgehead atoms. The van der Waals surface area contributed by atoms with Crippen LogP contribution in [-0.2, 0) is 6.42 Å². The molecule has 6 heteroatoms. The fourth-order valence-electron chi connectivity index (χ4n) is 1.60. The summed E-state index contributed by atoms with van der Waals surface area (Å²) in [6.07, 6.45) is 0.915. The smallest absolute Gasteiger partial charge is 0.147 e. The van der Waals surface area contributed by atoms with E-state index in [1.807, 2.05) is 6.07 Å². The predicted octanol–water partition coefficient (Wildman–Crippen LogP) is 4.08. The van der Waals surface area contributed by atoms with Crippen LogP contribution in [0.15, 0.2) is 23.6 Å². The van der Waals surface area contributed by atoms with Gasteiger partial charge >= 0.3 is 0 Å². The molecule has 96 valence electrons. The van der Waals surface area contributed by atoms with Crippen LogP contribution in [0.1, 0.15) is 11.8 Å². The largest absolute Gasteiger partial charge is 0.382 e. The van der Waals surface area contributed by atoms with Gasteiger partial charge in [0.05, 0.1) is 10.0 Å². The maximum Gasteiger partial charge on any atom is 0.147 e. The second-order valence-electron chi connectivity index (χ2n) is 4.01. The van der Waals surface area contributed by atoms with Crippen molar-refractivity contribution in [3.05, 3.63) is 38.5 Å². The molecule has 0 fully saturated rings. The lowest BCUT2D eigenvalue weighted by molar-refractivity contribution is 0.795. The van der Waals surface area contributed by atoms with Crippen molar-refractivity contribution >= 4 is 46.2 Å². The molecular weight excluding hydrogens is 289 g/mol. The van der Waals surface area contributed by atoms with Gasteiger partial charge in [-0.25, -0.2) is 4.98 Å². The van der Waals surface area contributed by atoms with E-state index in [1.54, 1.807) is 17.4 Å². The van der Waals surface area contributed by atoms with E-state index >= 15 is 0 Å². The fourth-order valence-corrected chi connectivity index (χ4v) is 2.85. The summed E-state index contributed by atoms with van der Waals surface area (Å²) in [5.74, 6) is 0.856. The third-order valence-corrected chi connectivity index (χ3v) is 3.92. The first kappa shape index (κ1) is 13.5. The van der Waals surface area contributed by atoms with Gasteiger partial charge in [-0.1, -0.05) is 29.3 Å². The highest BCUT2D eigenvalue weighted by atomic mass is 35.5. The number of pyridine rings is 1. The van der Waals surface area contributed by atoms with Crippen LogP contribution < -0.4 is 11.1 Å². The van der Waals surface area contributed by atoms with Gasteiger partial charge in [0, 0.05) is 17.3 Å². The van der Waals surface area contributed by atoms with E-state index in [9.17, 15) is 0 Å². The minimum Gasteiger partial charge on any atom is -0.382 e. The van der Waals surface area contributed by atoms with E-state index in [0.29, 0.717) is 15.9 Å². The maximum absolute atomic E-state index is 6.07. The number of halogens is 2. The minimum absolute atomic E-state index is 0.217. The maximum atomic E-state index is 6.07. The molecule has 0 saturated carbocycles. The van der Waals surface area contributed by atoms with Gasteiger partial charge in [0.15, 0.2) is 0 Å². The number of nitrogens with one attached hydrogen (secondary N) is 1. The van der Waals surface area contributed by atoms with Gasteiger partial charge in [0.25, 0.3) is 0 Å². The molecule has 0 radical (unpaired) electrons. The lowest BCUT2D eigenvalue weighted by Crippen LogP contribution is -2.19. The Morgan fingerprint density at radius 3 is 2.89 bits per heavy atom. The number of hydrogen-bond donors (Lipinski definition) is 2. The lowest BCUT2D eigenvalue weighted by Gasteiger charge is -2.15. The lowest BCUT2D eigenvalue weighted by atomic mass is 10.2. The minimum atomic E-state index is 0.217. The molecule has 0 saturated heterocycles. The number of nitrogens with zero attached hydrogens (tertiary/aromatic N) is 1. The van der Waals surface area contributed by atoms with Crippen LogP contribution in [0.4, 0.5) is 11.6 Å². The van der Waals surface area contributed by atoms with E-state index in [2.05, 4.69) is 28.7 Å². The number of nitrogens with two attached hydrogens (primary N) is 1. The summed E-state index contributed by atoms with van der Waals surface area (Å²) in [7, 11) is 0. The predicted molar refractivity (Wildman–Crippen MR) is 79.8 cm³/mol. The van der Waals surface area contributed by atoms with Crippen LogP contribution in [0.3, 0.4) is 0 Å². The van der Waals surface area contributed by atoms with Gasteiger partial charge in [-0.05, 0) is 24.4 Å². The second kappa shape index (κ2) is 5.78. The highest BCUT2D eigenvalue weighted by Crippen LogP contribution is 2.28. The summed E-state index contributed by atoms with van der Waals surface area (Å²) in [5.41, 5.74) is 5.66. The number of rotatable bonds is 4. The monoisotopic (exact) mass is 301 g/mol. The van der Waals surface area contributed by atoms with Crippen LogP contribution in [0.5, 0.6) is 0 Å². The Kier molecular flexibility index (Phi) is 4.32. The molecule has 0 amide bonds. The molecule has 0 spiro atoms. The van der Waals surface area contributed by atoms with Crippen LogP contribution in [0.2, 0.25) is 10.0 Å². The van der Waals surface area contributed by atoms with Crippen molar-refractivity contribution in [2.45, 2.75) is 19.4 Å². The van der Waals surface area contributed by atoms with E-state index < -0.39 is 0 Å². The van der Waals surface area contributed by atoms with Crippen molar-refractivity contribution in [3.8, 4) is 0 Å². The molecule has 2 aromatic heterocycles. The zero-order valence-corrected chi connectivity index (χ0v) is 12.1. The number of hydrogen-bond acceptors (Lipinski definition) is 4. The van der Waals surface area contributed by atoms with Gasteiger partial charge < -0.3 is 11.1 Å². The SMILES string of the molecule is CC(Cc1cccs1)Nc1nc(N)c(Cl)cc1Cl. The molecule has 3 N–H and O–H groups in total. The van der Waals surface area contributed by atoms with Crippen molar-refractivity contribution in [1.29, 1.82) is 0 Å². The highest BCUT2D eigenvalue weighted by molar-refractivity contribution is 7.09. The fraction of sp³-hybridized carbons (Fsp3) is 0.250. The van der Waals surface area contributed by atoms with E-state index in [4.69, 9.17) is 28.9 Å². The Labute approximate surface area is 120 Å². The van der Waals surface area contributed by atoms with Crippen LogP contribution in [0, 0.1) is 0 Å². The van der Waals surface area contributed by atoms with Crippen LogP contribution in [0.25, 0.3) is 0 Å². The molecular formula is C12H13Cl2N3S. The summed E-state index contributed by atoms with van der Waals surface area (Å²) >= 11 is 13.6. The number of thiophene rings is 1. The molecule has 2 rings (SSSR count). The molecule has 0 aliphatic carbocycles. The van der Waals surface area contributed by atoms with Gasteiger partial charge in [0.1, 0.15) is 11.6 Å². The second-order valence-corrected chi connectivity index (χ2v) is 5.86. The van der Waals surface area contributed by atoms with Crippen LogP contribution in [-0.4, -0.2) is 11.0 Å². The Morgan fingerprint density at radius 1 is 1.44 bits per heavy atom. The summed E-state index contributed by atoms with van der Waals surface area (Å²) < 4.78 is 0. The summed E-state index contributed by atoms with van der Waals surface area (Å²) in [6, 6.07) is 5.96. The highest BCUT2D eigenvalue weighted by Gasteiger charge is 2.10. The molecule has 0 aliphatic rings. The van der Waals surface area contributed by atoms with Crippen molar-refractivity contribution in [3.63, 3.8) is 0 Å². The van der Waals surface area contributed by atoms with E-state index in [0.717, 1.165) is 6.42 Å². The molecule has 3 nitrogen and oxygen atoms in total. The Bertz CT molecular complexity index is 528. The molecule has 0 aromatic carbocycles. The number of anilines is 2.